The van der Waals surface area contributed by atoms with Gasteiger partial charge >= 0.3 is 0 Å². The number of carbonyl (C=O) groups is 2. The SMILES string of the molecule is CC[C@](C)(CNC(=O)c1ccc(F)cn1)NC(=O)c1ccc(F)cn1. The van der Waals surface area contributed by atoms with E-state index in [1.807, 2.05) is 6.92 Å². The highest BCUT2D eigenvalue weighted by molar-refractivity contribution is 5.93. The van der Waals surface area contributed by atoms with Gasteiger partial charge in [-0.25, -0.2) is 18.7 Å². The monoisotopic (exact) mass is 348 g/mol. The van der Waals surface area contributed by atoms with Crippen LogP contribution in [0.5, 0.6) is 0 Å². The maximum absolute atomic E-state index is 12.9. The second-order valence-corrected chi connectivity index (χ2v) is 5.77. The molecule has 0 unspecified atom stereocenters. The summed E-state index contributed by atoms with van der Waals surface area (Å²) < 4.78 is 25.7. The predicted molar refractivity (Wildman–Crippen MR) is 86.9 cm³/mol. The summed E-state index contributed by atoms with van der Waals surface area (Å²) in [6.07, 6.45) is 2.44. The van der Waals surface area contributed by atoms with E-state index in [0.29, 0.717) is 6.42 Å². The summed E-state index contributed by atoms with van der Waals surface area (Å²) in [6.45, 7) is 3.74. The lowest BCUT2D eigenvalue weighted by Crippen LogP contribution is -2.53. The number of rotatable bonds is 6. The molecule has 0 aliphatic heterocycles. The molecule has 0 aliphatic rings. The highest BCUT2D eigenvalue weighted by Crippen LogP contribution is 2.10. The van der Waals surface area contributed by atoms with Crippen LogP contribution in [-0.2, 0) is 0 Å². The molecule has 0 aromatic carbocycles. The van der Waals surface area contributed by atoms with Crippen LogP contribution in [0, 0.1) is 11.6 Å². The molecule has 0 spiro atoms. The van der Waals surface area contributed by atoms with Crippen molar-refractivity contribution in [2.24, 2.45) is 0 Å². The van der Waals surface area contributed by atoms with Gasteiger partial charge in [0.15, 0.2) is 0 Å². The maximum atomic E-state index is 12.9. The average molecular weight is 348 g/mol. The maximum Gasteiger partial charge on any atom is 0.270 e. The van der Waals surface area contributed by atoms with Gasteiger partial charge in [-0.1, -0.05) is 6.92 Å². The van der Waals surface area contributed by atoms with Gasteiger partial charge < -0.3 is 10.6 Å². The summed E-state index contributed by atoms with van der Waals surface area (Å²) in [5, 5.41) is 5.43. The van der Waals surface area contributed by atoms with E-state index in [1.54, 1.807) is 6.92 Å². The van der Waals surface area contributed by atoms with Crippen molar-refractivity contribution in [3.8, 4) is 0 Å². The number of carbonyl (C=O) groups excluding carboxylic acids is 2. The molecule has 8 heteroatoms. The molecule has 25 heavy (non-hydrogen) atoms. The van der Waals surface area contributed by atoms with Crippen molar-refractivity contribution in [3.63, 3.8) is 0 Å². The molecule has 2 rings (SSSR count). The fourth-order valence-corrected chi connectivity index (χ4v) is 1.98. The number of halogens is 2. The smallest absolute Gasteiger partial charge is 0.270 e. The van der Waals surface area contributed by atoms with Crippen molar-refractivity contribution in [1.29, 1.82) is 0 Å². The van der Waals surface area contributed by atoms with Gasteiger partial charge in [0.25, 0.3) is 11.8 Å². The standard InChI is InChI=1S/C17H18F2N4O2/c1-3-17(2,23-16(25)14-7-5-12(19)9-21-14)10-22-15(24)13-6-4-11(18)8-20-13/h4-9H,3,10H2,1-2H3,(H,22,24)(H,23,25)/t17-/m1/s1. The topological polar surface area (TPSA) is 84.0 Å². The Morgan fingerprint density at radius 2 is 1.52 bits per heavy atom. The van der Waals surface area contributed by atoms with Crippen molar-refractivity contribution in [2.45, 2.75) is 25.8 Å². The predicted octanol–water partition coefficient (Wildman–Crippen LogP) is 2.08. The van der Waals surface area contributed by atoms with Gasteiger partial charge in [-0.3, -0.25) is 9.59 Å². The van der Waals surface area contributed by atoms with Crippen LogP contribution in [0.15, 0.2) is 36.7 Å². The first-order valence-electron chi connectivity index (χ1n) is 7.67. The minimum Gasteiger partial charge on any atom is -0.348 e. The minimum atomic E-state index is -0.747. The van der Waals surface area contributed by atoms with Crippen LogP contribution < -0.4 is 10.6 Å². The third-order valence-electron chi connectivity index (χ3n) is 3.75. The highest BCUT2D eigenvalue weighted by Gasteiger charge is 2.26. The number of hydrogen-bond donors (Lipinski definition) is 2. The summed E-state index contributed by atoms with van der Waals surface area (Å²) in [5.41, 5.74) is -0.595. The molecular formula is C17H18F2N4O2. The van der Waals surface area contributed by atoms with Crippen LogP contribution in [0.4, 0.5) is 8.78 Å². The van der Waals surface area contributed by atoms with E-state index in [9.17, 15) is 18.4 Å². The Labute approximate surface area is 143 Å². The lowest BCUT2D eigenvalue weighted by Gasteiger charge is -2.29. The Hall–Kier alpha value is -2.90. The Bertz CT molecular complexity index is 750. The number of pyridine rings is 2. The van der Waals surface area contributed by atoms with Gasteiger partial charge in [-0.15, -0.1) is 0 Å². The second-order valence-electron chi connectivity index (χ2n) is 5.77. The zero-order valence-corrected chi connectivity index (χ0v) is 13.8. The lowest BCUT2D eigenvalue weighted by molar-refractivity contribution is 0.0865. The molecule has 6 nitrogen and oxygen atoms in total. The van der Waals surface area contributed by atoms with Crippen molar-refractivity contribution in [1.82, 2.24) is 20.6 Å². The summed E-state index contributed by atoms with van der Waals surface area (Å²) >= 11 is 0. The first-order chi connectivity index (χ1) is 11.8. The van der Waals surface area contributed by atoms with Gasteiger partial charge in [0, 0.05) is 6.54 Å². The van der Waals surface area contributed by atoms with Crippen LogP contribution in [0.1, 0.15) is 41.2 Å². The third-order valence-corrected chi connectivity index (χ3v) is 3.75. The van der Waals surface area contributed by atoms with E-state index in [-0.39, 0.29) is 17.9 Å². The zero-order valence-electron chi connectivity index (χ0n) is 13.8. The van der Waals surface area contributed by atoms with Crippen molar-refractivity contribution in [2.75, 3.05) is 6.54 Å². The van der Waals surface area contributed by atoms with Gasteiger partial charge in [-0.2, -0.15) is 0 Å². The summed E-state index contributed by atoms with van der Waals surface area (Å²) in [4.78, 5) is 31.7. The molecule has 2 heterocycles. The van der Waals surface area contributed by atoms with Crippen LogP contribution in [0.25, 0.3) is 0 Å². The van der Waals surface area contributed by atoms with Crippen LogP contribution in [0.3, 0.4) is 0 Å². The summed E-state index contributed by atoms with van der Waals surface area (Å²) in [7, 11) is 0. The first kappa shape index (κ1) is 18.4. The molecule has 0 aliphatic carbocycles. The van der Waals surface area contributed by atoms with Crippen LogP contribution >= 0.6 is 0 Å². The molecule has 0 radical (unpaired) electrons. The number of hydrogen-bond acceptors (Lipinski definition) is 4. The third kappa shape index (κ3) is 5.03. The Kier molecular flexibility index (Phi) is 5.74. The van der Waals surface area contributed by atoms with Gasteiger partial charge in [0.1, 0.15) is 23.0 Å². The van der Waals surface area contributed by atoms with Crippen molar-refractivity contribution in [3.05, 3.63) is 59.7 Å². The van der Waals surface area contributed by atoms with E-state index in [1.165, 1.54) is 12.1 Å². The molecule has 132 valence electrons. The number of nitrogens with one attached hydrogen (secondary N) is 2. The molecule has 2 amide bonds. The van der Waals surface area contributed by atoms with Crippen molar-refractivity contribution >= 4 is 11.8 Å². The summed E-state index contributed by atoms with van der Waals surface area (Å²) in [5.74, 6) is -2.02. The Balaban J connectivity index is 1.99. The van der Waals surface area contributed by atoms with E-state index in [4.69, 9.17) is 0 Å². The molecule has 0 bridgehead atoms. The van der Waals surface area contributed by atoms with Crippen LogP contribution in [0.2, 0.25) is 0 Å². The van der Waals surface area contributed by atoms with E-state index in [2.05, 4.69) is 20.6 Å². The average Bonchev–Trinajstić information content (AvgIpc) is 2.61. The first-order valence-corrected chi connectivity index (χ1v) is 7.67. The zero-order chi connectivity index (χ0) is 18.4. The Morgan fingerprint density at radius 1 is 1.00 bits per heavy atom. The van der Waals surface area contributed by atoms with Gasteiger partial charge in [0.05, 0.1) is 17.9 Å². The fraction of sp³-hybridized carbons (Fsp3) is 0.294. The van der Waals surface area contributed by atoms with E-state index in [0.717, 1.165) is 24.5 Å². The lowest BCUT2D eigenvalue weighted by atomic mass is 9.98. The highest BCUT2D eigenvalue weighted by atomic mass is 19.1. The number of nitrogens with zero attached hydrogens (tertiary/aromatic N) is 2. The molecule has 0 saturated heterocycles. The molecular weight excluding hydrogens is 330 g/mol. The Morgan fingerprint density at radius 3 is 1.96 bits per heavy atom. The number of aromatic nitrogens is 2. The van der Waals surface area contributed by atoms with Gasteiger partial charge in [0.2, 0.25) is 0 Å². The molecule has 2 aromatic rings. The number of amides is 2. The van der Waals surface area contributed by atoms with E-state index < -0.39 is 29.0 Å². The van der Waals surface area contributed by atoms with Crippen molar-refractivity contribution < 1.29 is 18.4 Å². The molecule has 0 fully saturated rings. The fourth-order valence-electron chi connectivity index (χ4n) is 1.98. The summed E-state index contributed by atoms with van der Waals surface area (Å²) in [6, 6.07) is 4.84. The van der Waals surface area contributed by atoms with Gasteiger partial charge in [-0.05, 0) is 37.6 Å². The molecule has 1 atom stereocenters. The molecule has 2 aromatic heterocycles. The second kappa shape index (κ2) is 7.78. The quantitative estimate of drug-likeness (QED) is 0.837. The normalized spacial score (nSPS) is 13.0. The van der Waals surface area contributed by atoms with E-state index >= 15 is 0 Å². The molecule has 0 saturated carbocycles. The minimum absolute atomic E-state index is 0.0754. The largest absolute Gasteiger partial charge is 0.348 e. The molecule has 2 N–H and O–H groups in total. The van der Waals surface area contributed by atoms with Crippen LogP contribution in [-0.4, -0.2) is 33.9 Å².